The van der Waals surface area contributed by atoms with E-state index < -0.39 is 5.60 Å². The van der Waals surface area contributed by atoms with Gasteiger partial charge >= 0.3 is 0 Å². The summed E-state index contributed by atoms with van der Waals surface area (Å²) in [6, 6.07) is 0. The van der Waals surface area contributed by atoms with Crippen LogP contribution >= 0.6 is 0 Å². The Kier molecular flexibility index (Phi) is 7.67. The fraction of sp³-hybridized carbons (Fsp3) is 0.941. The first-order valence-electron chi connectivity index (χ1n) is 8.52. The molecule has 1 saturated heterocycles. The summed E-state index contributed by atoms with van der Waals surface area (Å²) in [5.41, 5.74) is -0.710. The van der Waals surface area contributed by atoms with Gasteiger partial charge in [-0.1, -0.05) is 20.3 Å². The van der Waals surface area contributed by atoms with E-state index in [0.29, 0.717) is 12.5 Å². The fourth-order valence-electron chi connectivity index (χ4n) is 2.90. The third-order valence-electron chi connectivity index (χ3n) is 4.08. The van der Waals surface area contributed by atoms with Crippen molar-refractivity contribution in [1.82, 2.24) is 9.80 Å². The lowest BCUT2D eigenvalue weighted by molar-refractivity contribution is -0.154. The van der Waals surface area contributed by atoms with Crippen LogP contribution in [0.1, 0.15) is 53.9 Å². The molecule has 21 heavy (non-hydrogen) atoms. The molecule has 1 rings (SSSR count). The van der Waals surface area contributed by atoms with Crippen LogP contribution in [-0.2, 0) is 9.53 Å². The highest BCUT2D eigenvalue weighted by atomic mass is 16.5. The number of rotatable bonds is 3. The number of hydrogen-bond acceptors (Lipinski definition) is 3. The summed E-state index contributed by atoms with van der Waals surface area (Å²) in [4.78, 5) is 17.0. The predicted molar refractivity (Wildman–Crippen MR) is 87.4 cm³/mol. The van der Waals surface area contributed by atoms with Crippen LogP contribution in [0.4, 0.5) is 0 Å². The van der Waals surface area contributed by atoms with Gasteiger partial charge in [0.25, 0.3) is 5.91 Å². The van der Waals surface area contributed by atoms with Gasteiger partial charge in [-0.15, -0.1) is 0 Å². The second kappa shape index (κ2) is 8.74. The average Bonchev–Trinajstić information content (AvgIpc) is 2.40. The van der Waals surface area contributed by atoms with Crippen LogP contribution in [0.3, 0.4) is 0 Å². The number of carbonyl (C=O) groups is 1. The molecule has 1 amide bonds. The Morgan fingerprint density at radius 1 is 1.14 bits per heavy atom. The van der Waals surface area contributed by atoms with Crippen molar-refractivity contribution in [3.63, 3.8) is 0 Å². The second-order valence-corrected chi connectivity index (χ2v) is 7.00. The predicted octanol–water partition coefficient (Wildman–Crippen LogP) is 2.77. The highest BCUT2D eigenvalue weighted by molar-refractivity contribution is 5.84. The van der Waals surface area contributed by atoms with Gasteiger partial charge in [0.05, 0.1) is 6.61 Å². The number of likely N-dealkylation sites (N-methyl/N-ethyl adjacent to an activating group) is 1. The van der Waals surface area contributed by atoms with Gasteiger partial charge in [0.2, 0.25) is 0 Å². The van der Waals surface area contributed by atoms with E-state index in [-0.39, 0.29) is 5.91 Å². The zero-order valence-electron chi connectivity index (χ0n) is 14.7. The summed E-state index contributed by atoms with van der Waals surface area (Å²) < 4.78 is 5.93. The zero-order chi connectivity index (χ0) is 15.9. The number of amides is 1. The minimum Gasteiger partial charge on any atom is -0.364 e. The molecule has 0 spiro atoms. The van der Waals surface area contributed by atoms with E-state index in [0.717, 1.165) is 39.1 Å². The highest BCUT2D eigenvalue weighted by Crippen LogP contribution is 2.16. The maximum Gasteiger partial charge on any atom is 0.254 e. The van der Waals surface area contributed by atoms with Crippen molar-refractivity contribution >= 4 is 5.91 Å². The molecule has 0 aromatic carbocycles. The Hall–Kier alpha value is -0.610. The molecular weight excluding hydrogens is 264 g/mol. The Morgan fingerprint density at radius 3 is 2.43 bits per heavy atom. The smallest absolute Gasteiger partial charge is 0.254 e. The molecule has 4 nitrogen and oxygen atoms in total. The summed E-state index contributed by atoms with van der Waals surface area (Å²) >= 11 is 0. The molecule has 4 heteroatoms. The summed E-state index contributed by atoms with van der Waals surface area (Å²) in [6.45, 7) is 15.8. The summed E-state index contributed by atoms with van der Waals surface area (Å²) in [5, 5.41) is 0. The molecule has 0 bridgehead atoms. The maximum atomic E-state index is 12.6. The maximum absolute atomic E-state index is 12.6. The summed E-state index contributed by atoms with van der Waals surface area (Å²) in [7, 11) is 0. The van der Waals surface area contributed by atoms with Crippen LogP contribution in [0.25, 0.3) is 0 Å². The van der Waals surface area contributed by atoms with Crippen LogP contribution in [0.15, 0.2) is 0 Å². The van der Waals surface area contributed by atoms with Gasteiger partial charge in [-0.25, -0.2) is 0 Å². The first-order valence-corrected chi connectivity index (χ1v) is 8.52. The van der Waals surface area contributed by atoms with Crippen molar-refractivity contribution in [3.05, 3.63) is 0 Å². The van der Waals surface area contributed by atoms with Crippen molar-refractivity contribution in [1.29, 1.82) is 0 Å². The van der Waals surface area contributed by atoms with Crippen LogP contribution in [-0.4, -0.2) is 60.6 Å². The molecule has 1 aliphatic heterocycles. The van der Waals surface area contributed by atoms with Crippen molar-refractivity contribution in [2.75, 3.05) is 39.3 Å². The Morgan fingerprint density at radius 2 is 1.81 bits per heavy atom. The van der Waals surface area contributed by atoms with E-state index in [1.54, 1.807) is 0 Å². The van der Waals surface area contributed by atoms with Gasteiger partial charge in [-0.3, -0.25) is 4.79 Å². The van der Waals surface area contributed by atoms with Crippen molar-refractivity contribution < 1.29 is 9.53 Å². The third-order valence-corrected chi connectivity index (χ3v) is 4.08. The Bertz CT molecular complexity index is 316. The molecule has 0 N–H and O–H groups in total. The topological polar surface area (TPSA) is 32.8 Å². The van der Waals surface area contributed by atoms with Crippen molar-refractivity contribution in [3.8, 4) is 0 Å². The number of carbonyl (C=O) groups excluding carboxylic acids is 1. The number of hydrogen-bond donors (Lipinski definition) is 0. The van der Waals surface area contributed by atoms with E-state index in [9.17, 15) is 4.79 Å². The molecule has 0 aromatic rings. The number of ether oxygens (including phenoxy) is 1. The van der Waals surface area contributed by atoms with E-state index in [1.807, 2.05) is 25.7 Å². The largest absolute Gasteiger partial charge is 0.364 e. The molecule has 0 saturated carbocycles. The lowest BCUT2D eigenvalue weighted by Gasteiger charge is -2.33. The monoisotopic (exact) mass is 298 g/mol. The second-order valence-electron chi connectivity index (χ2n) is 7.00. The van der Waals surface area contributed by atoms with E-state index in [1.165, 1.54) is 12.8 Å². The van der Waals surface area contributed by atoms with E-state index in [2.05, 4.69) is 18.7 Å². The molecule has 0 aliphatic carbocycles. The quantitative estimate of drug-likeness (QED) is 0.803. The Balaban J connectivity index is 2.67. The van der Waals surface area contributed by atoms with Gasteiger partial charge < -0.3 is 14.5 Å². The third kappa shape index (κ3) is 6.35. The van der Waals surface area contributed by atoms with Crippen LogP contribution < -0.4 is 0 Å². The van der Waals surface area contributed by atoms with Gasteiger partial charge in [0.15, 0.2) is 0 Å². The van der Waals surface area contributed by atoms with Crippen LogP contribution in [0, 0.1) is 5.92 Å². The molecule has 0 aromatic heterocycles. The number of nitrogens with zero attached hydrogens (tertiary/aromatic N) is 2. The van der Waals surface area contributed by atoms with Crippen molar-refractivity contribution in [2.45, 2.75) is 59.5 Å². The minimum atomic E-state index is -0.710. The lowest BCUT2D eigenvalue weighted by Crippen LogP contribution is -2.48. The van der Waals surface area contributed by atoms with Gasteiger partial charge in [-0.05, 0) is 46.1 Å². The molecule has 1 fully saturated rings. The van der Waals surface area contributed by atoms with E-state index in [4.69, 9.17) is 4.74 Å². The molecule has 1 aliphatic rings. The highest BCUT2D eigenvalue weighted by Gasteiger charge is 2.32. The van der Waals surface area contributed by atoms with Gasteiger partial charge in [0, 0.05) is 26.2 Å². The molecule has 0 atom stereocenters. The molecule has 0 radical (unpaired) electrons. The zero-order valence-corrected chi connectivity index (χ0v) is 14.7. The standard InChI is InChI=1S/C17H34N2O2/c1-6-19-11-9-7-8-10-18(14-15(2)3)12-13-21-17(4,5)16(19)20/h15H,6-14H2,1-5H3. The van der Waals surface area contributed by atoms with Crippen LogP contribution in [0.2, 0.25) is 0 Å². The summed E-state index contributed by atoms with van der Waals surface area (Å²) in [5.74, 6) is 0.795. The molecule has 0 unspecified atom stereocenters. The van der Waals surface area contributed by atoms with Gasteiger partial charge in [-0.2, -0.15) is 0 Å². The lowest BCUT2D eigenvalue weighted by atomic mass is 10.1. The normalized spacial score (nSPS) is 23.0. The SMILES string of the molecule is CCN1CCCCCN(CC(C)C)CCOC(C)(C)C1=O. The fourth-order valence-corrected chi connectivity index (χ4v) is 2.90. The molecular formula is C17H34N2O2. The minimum absolute atomic E-state index is 0.126. The molecule has 124 valence electrons. The Labute approximate surface area is 130 Å². The summed E-state index contributed by atoms with van der Waals surface area (Å²) in [6.07, 6.45) is 3.49. The average molecular weight is 298 g/mol. The van der Waals surface area contributed by atoms with Gasteiger partial charge in [0.1, 0.15) is 5.60 Å². The first kappa shape index (κ1) is 18.4. The molecule has 1 heterocycles. The van der Waals surface area contributed by atoms with E-state index >= 15 is 0 Å². The first-order chi connectivity index (χ1) is 9.86. The van der Waals surface area contributed by atoms with Crippen molar-refractivity contribution in [2.24, 2.45) is 5.92 Å². The van der Waals surface area contributed by atoms with Crippen LogP contribution in [0.5, 0.6) is 0 Å².